The van der Waals surface area contributed by atoms with Gasteiger partial charge in [-0.2, -0.15) is 0 Å². The van der Waals surface area contributed by atoms with Gasteiger partial charge in [-0.25, -0.2) is 0 Å². The van der Waals surface area contributed by atoms with Crippen LogP contribution in [0.4, 0.5) is 0 Å². The second kappa shape index (κ2) is 9.37. The first-order chi connectivity index (χ1) is 16.6. The molecule has 0 spiro atoms. The van der Waals surface area contributed by atoms with Gasteiger partial charge in [-0.3, -0.25) is 9.59 Å². The molecule has 0 aromatic heterocycles. The second-order valence-corrected chi connectivity index (χ2v) is 10.8. The molecule has 2 aromatic carbocycles. The van der Waals surface area contributed by atoms with Crippen molar-refractivity contribution in [1.82, 2.24) is 0 Å². The number of allylic oxidation sites excluding steroid dienone is 3. The van der Waals surface area contributed by atoms with Crippen LogP contribution in [0.1, 0.15) is 91.1 Å². The fourth-order valence-corrected chi connectivity index (χ4v) is 5.57. The summed E-state index contributed by atoms with van der Waals surface area (Å²) in [5.41, 5.74) is 1.54. The maximum atomic E-state index is 12.1. The van der Waals surface area contributed by atoms with E-state index in [1.54, 1.807) is 0 Å². The molecular weight excluding hydrogens is 440 g/mol. The highest BCUT2D eigenvalue weighted by atomic mass is 16.5. The van der Waals surface area contributed by atoms with Crippen LogP contribution < -0.4 is 4.74 Å². The molecule has 0 radical (unpaired) electrons. The lowest BCUT2D eigenvalue weighted by molar-refractivity contribution is -0.00275. The quantitative estimate of drug-likeness (QED) is 0.381. The highest BCUT2D eigenvalue weighted by Crippen LogP contribution is 2.57. The molecule has 184 valence electrons. The van der Waals surface area contributed by atoms with E-state index in [4.69, 9.17) is 4.74 Å². The van der Waals surface area contributed by atoms with Crippen molar-refractivity contribution < 1.29 is 24.5 Å². The van der Waals surface area contributed by atoms with Crippen LogP contribution in [0, 0.1) is 11.3 Å². The van der Waals surface area contributed by atoms with Crippen molar-refractivity contribution in [3.05, 3.63) is 76.4 Å². The third kappa shape index (κ3) is 4.52. The standard InChI is InChI=1S/C30H34O5/c1-19-11-12-23-24(20-9-6-5-7-10-20)25-27(34)21(17-31)26(33)22(18-32)28(25)35-30(23,4)15-8-14-29(2,3)16-13-19/h5-10,13-14,17-18,23-24,33-34H,11-12,15-16H2,1-4H3/t23-,24+,30+/m1/s1. The molecule has 2 N–H and O–H groups in total. The maximum Gasteiger partial charge on any atom is 0.157 e. The molecule has 2 aliphatic rings. The Morgan fingerprint density at radius 3 is 2.31 bits per heavy atom. The topological polar surface area (TPSA) is 83.8 Å². The van der Waals surface area contributed by atoms with E-state index in [0.29, 0.717) is 24.6 Å². The minimum absolute atomic E-state index is 0.00772. The predicted octanol–water partition coefficient (Wildman–Crippen LogP) is 6.72. The lowest BCUT2D eigenvalue weighted by Crippen LogP contribution is -2.47. The van der Waals surface area contributed by atoms with E-state index in [9.17, 15) is 19.8 Å². The van der Waals surface area contributed by atoms with Gasteiger partial charge in [0.05, 0.1) is 11.1 Å². The molecular formula is C30H34O5. The van der Waals surface area contributed by atoms with Gasteiger partial charge < -0.3 is 14.9 Å². The van der Waals surface area contributed by atoms with Gasteiger partial charge in [0.2, 0.25) is 0 Å². The van der Waals surface area contributed by atoms with Crippen molar-refractivity contribution in [3.63, 3.8) is 0 Å². The Morgan fingerprint density at radius 1 is 0.971 bits per heavy atom. The Labute approximate surface area is 207 Å². The molecule has 4 rings (SSSR count). The molecule has 0 bridgehead atoms. The number of hydrogen-bond acceptors (Lipinski definition) is 5. The number of carbonyl (C=O) groups excluding carboxylic acids is 2. The molecule has 0 saturated heterocycles. The predicted molar refractivity (Wildman–Crippen MR) is 137 cm³/mol. The summed E-state index contributed by atoms with van der Waals surface area (Å²) in [6.07, 6.45) is 10.7. The van der Waals surface area contributed by atoms with E-state index < -0.39 is 11.4 Å². The van der Waals surface area contributed by atoms with E-state index >= 15 is 0 Å². The minimum atomic E-state index is -0.718. The highest BCUT2D eigenvalue weighted by molar-refractivity contribution is 5.95. The number of hydrogen-bond donors (Lipinski definition) is 2. The monoisotopic (exact) mass is 474 g/mol. The van der Waals surface area contributed by atoms with E-state index in [1.807, 2.05) is 37.3 Å². The van der Waals surface area contributed by atoms with Gasteiger partial charge in [-0.15, -0.1) is 0 Å². The molecule has 1 aliphatic carbocycles. The van der Waals surface area contributed by atoms with Crippen molar-refractivity contribution in [2.24, 2.45) is 11.3 Å². The summed E-state index contributed by atoms with van der Waals surface area (Å²) in [5.74, 6) is -1.12. The summed E-state index contributed by atoms with van der Waals surface area (Å²) >= 11 is 0. The first kappa shape index (κ1) is 24.8. The Kier molecular flexibility index (Phi) is 6.63. The lowest BCUT2D eigenvalue weighted by atomic mass is 9.66. The normalized spacial score (nSPS) is 25.8. The van der Waals surface area contributed by atoms with Crippen LogP contribution in [0.5, 0.6) is 17.2 Å². The lowest BCUT2D eigenvalue weighted by Gasteiger charge is -2.48. The number of phenols is 2. The zero-order valence-corrected chi connectivity index (χ0v) is 20.9. The maximum absolute atomic E-state index is 12.1. The summed E-state index contributed by atoms with van der Waals surface area (Å²) in [7, 11) is 0. The minimum Gasteiger partial charge on any atom is -0.507 e. The van der Waals surface area contributed by atoms with Gasteiger partial charge in [-0.1, -0.05) is 68.0 Å². The molecule has 1 aliphatic heterocycles. The molecule has 0 fully saturated rings. The van der Waals surface area contributed by atoms with E-state index in [1.165, 1.54) is 5.57 Å². The van der Waals surface area contributed by atoms with Crippen LogP contribution in [0.15, 0.2) is 54.1 Å². The first-order valence-corrected chi connectivity index (χ1v) is 12.2. The van der Waals surface area contributed by atoms with Crippen molar-refractivity contribution in [3.8, 4) is 17.2 Å². The zero-order chi connectivity index (χ0) is 25.4. The van der Waals surface area contributed by atoms with Crippen LogP contribution in [0.3, 0.4) is 0 Å². The number of phenolic OH excluding ortho intramolecular Hbond substituents is 2. The van der Waals surface area contributed by atoms with E-state index in [0.717, 1.165) is 24.8 Å². The molecule has 0 unspecified atom stereocenters. The molecule has 5 heteroatoms. The van der Waals surface area contributed by atoms with Crippen molar-refractivity contribution >= 4 is 12.6 Å². The largest absolute Gasteiger partial charge is 0.507 e. The molecule has 3 atom stereocenters. The fourth-order valence-electron chi connectivity index (χ4n) is 5.57. The Bertz CT molecular complexity index is 1190. The Hall–Kier alpha value is -3.34. The van der Waals surface area contributed by atoms with Crippen molar-refractivity contribution in [2.75, 3.05) is 0 Å². The zero-order valence-electron chi connectivity index (χ0n) is 20.9. The van der Waals surface area contributed by atoms with E-state index in [-0.39, 0.29) is 39.9 Å². The first-order valence-electron chi connectivity index (χ1n) is 12.2. The van der Waals surface area contributed by atoms with Gasteiger partial charge in [0.1, 0.15) is 22.8 Å². The number of aldehydes is 2. The molecule has 5 nitrogen and oxygen atoms in total. The van der Waals surface area contributed by atoms with Gasteiger partial charge in [0, 0.05) is 23.8 Å². The molecule has 0 saturated carbocycles. The summed E-state index contributed by atoms with van der Waals surface area (Å²) in [4.78, 5) is 23.9. The van der Waals surface area contributed by atoms with Crippen LogP contribution in [0.25, 0.3) is 0 Å². The SMILES string of the molecule is CC1=CCC(C)(C)C=CC[C@]2(C)Oc3c(C=O)c(O)c(C=O)c(O)c3[C@@H](c3ccccc3)[C@H]2CC1. The molecule has 35 heavy (non-hydrogen) atoms. The van der Waals surface area contributed by atoms with Crippen molar-refractivity contribution in [1.29, 1.82) is 0 Å². The smallest absolute Gasteiger partial charge is 0.157 e. The molecule has 1 heterocycles. The number of fused-ring (bicyclic) bond motifs is 2. The Balaban J connectivity index is 2.01. The number of ether oxygens (including phenoxy) is 1. The third-order valence-corrected chi connectivity index (χ3v) is 7.66. The summed E-state index contributed by atoms with van der Waals surface area (Å²) in [6.45, 7) is 8.60. The summed E-state index contributed by atoms with van der Waals surface area (Å²) in [6, 6.07) is 9.82. The molecule has 0 amide bonds. The summed E-state index contributed by atoms with van der Waals surface area (Å²) in [5, 5.41) is 21.9. The average molecular weight is 475 g/mol. The number of aromatic hydroxyl groups is 2. The fraction of sp³-hybridized carbons (Fsp3) is 0.400. The van der Waals surface area contributed by atoms with Gasteiger partial charge in [0.15, 0.2) is 12.6 Å². The van der Waals surface area contributed by atoms with Gasteiger partial charge >= 0.3 is 0 Å². The van der Waals surface area contributed by atoms with Crippen LogP contribution in [-0.2, 0) is 0 Å². The third-order valence-electron chi connectivity index (χ3n) is 7.66. The average Bonchev–Trinajstić information content (AvgIpc) is 2.83. The van der Waals surface area contributed by atoms with Crippen molar-refractivity contribution in [2.45, 2.75) is 64.9 Å². The number of rotatable bonds is 3. The van der Waals surface area contributed by atoms with Crippen LogP contribution in [0.2, 0.25) is 0 Å². The number of benzene rings is 2. The summed E-state index contributed by atoms with van der Waals surface area (Å²) < 4.78 is 6.60. The second-order valence-electron chi connectivity index (χ2n) is 10.8. The van der Waals surface area contributed by atoms with E-state index in [2.05, 4.69) is 39.0 Å². The van der Waals surface area contributed by atoms with Gasteiger partial charge in [0.25, 0.3) is 0 Å². The number of carbonyl (C=O) groups is 2. The van der Waals surface area contributed by atoms with Gasteiger partial charge in [-0.05, 0) is 44.1 Å². The van der Waals surface area contributed by atoms with Crippen LogP contribution in [-0.4, -0.2) is 28.4 Å². The highest BCUT2D eigenvalue weighted by Gasteiger charge is 2.49. The van der Waals surface area contributed by atoms with Crippen LogP contribution >= 0.6 is 0 Å². The Morgan fingerprint density at radius 2 is 1.66 bits per heavy atom. The molecule has 2 aromatic rings.